The van der Waals surface area contributed by atoms with Crippen molar-refractivity contribution < 1.29 is 14.8 Å². The highest BCUT2D eigenvalue weighted by atomic mass is 79.9. The molecule has 0 amide bonds. The summed E-state index contributed by atoms with van der Waals surface area (Å²) in [5, 5.41) is 22.8. The first-order valence-corrected chi connectivity index (χ1v) is 6.58. The molecule has 0 unspecified atom stereocenters. The molecule has 7 nitrogen and oxygen atoms in total. The van der Waals surface area contributed by atoms with Crippen LogP contribution in [-0.4, -0.2) is 21.0 Å². The third kappa shape index (κ3) is 3.34. The van der Waals surface area contributed by atoms with Crippen LogP contribution in [0.4, 0.5) is 17.2 Å². The number of halogens is 1. The maximum Gasteiger partial charge on any atom is 0.336 e. The van der Waals surface area contributed by atoms with Crippen molar-refractivity contribution in [2.45, 2.75) is 6.92 Å². The standard InChI is InChI=1S/C13H10BrN3O4/c1-7-4-11(17(20)21)12(15-6-7)16-8-2-3-10(14)9(5-8)13(18)19/h2-6H,1H3,(H,15,16)(H,18,19). The largest absolute Gasteiger partial charge is 0.478 e. The third-order valence-corrected chi connectivity index (χ3v) is 3.35. The summed E-state index contributed by atoms with van der Waals surface area (Å²) in [6, 6.07) is 5.91. The van der Waals surface area contributed by atoms with Crippen molar-refractivity contribution in [3.05, 3.63) is 56.2 Å². The first kappa shape index (κ1) is 14.9. The smallest absolute Gasteiger partial charge is 0.336 e. The van der Waals surface area contributed by atoms with Gasteiger partial charge < -0.3 is 10.4 Å². The average Bonchev–Trinajstić information content (AvgIpc) is 2.42. The maximum atomic E-state index is 11.1. The predicted octanol–water partition coefficient (Wildman–Crippen LogP) is 3.50. The molecule has 0 saturated heterocycles. The van der Waals surface area contributed by atoms with E-state index in [0.29, 0.717) is 15.7 Å². The number of aromatic carboxylic acids is 1. The summed E-state index contributed by atoms with van der Waals surface area (Å²) >= 11 is 3.13. The van der Waals surface area contributed by atoms with Crippen LogP contribution in [0.2, 0.25) is 0 Å². The van der Waals surface area contributed by atoms with E-state index in [1.165, 1.54) is 18.3 Å². The van der Waals surface area contributed by atoms with Crippen molar-refractivity contribution in [3.8, 4) is 0 Å². The van der Waals surface area contributed by atoms with Gasteiger partial charge in [-0.2, -0.15) is 0 Å². The molecule has 0 fully saturated rings. The molecule has 1 heterocycles. The summed E-state index contributed by atoms with van der Waals surface area (Å²) < 4.78 is 0.423. The van der Waals surface area contributed by atoms with E-state index in [1.54, 1.807) is 19.1 Å². The number of pyridine rings is 1. The Morgan fingerprint density at radius 2 is 2.14 bits per heavy atom. The number of hydrogen-bond donors (Lipinski definition) is 2. The van der Waals surface area contributed by atoms with E-state index in [1.807, 2.05) is 0 Å². The Kier molecular flexibility index (Phi) is 4.18. The highest BCUT2D eigenvalue weighted by Gasteiger charge is 2.16. The van der Waals surface area contributed by atoms with Crippen LogP contribution in [0.3, 0.4) is 0 Å². The van der Waals surface area contributed by atoms with Crippen molar-refractivity contribution in [2.24, 2.45) is 0 Å². The summed E-state index contributed by atoms with van der Waals surface area (Å²) in [5.74, 6) is -1.04. The molecule has 0 radical (unpaired) electrons. The molecule has 2 rings (SSSR count). The molecular formula is C13H10BrN3O4. The quantitative estimate of drug-likeness (QED) is 0.644. The Morgan fingerprint density at radius 3 is 2.76 bits per heavy atom. The van der Waals surface area contributed by atoms with Crippen LogP contribution in [0, 0.1) is 17.0 Å². The summed E-state index contributed by atoms with van der Waals surface area (Å²) in [5.41, 5.74) is 0.939. The first-order valence-electron chi connectivity index (χ1n) is 5.79. The minimum Gasteiger partial charge on any atom is -0.478 e. The predicted molar refractivity (Wildman–Crippen MR) is 80.0 cm³/mol. The van der Waals surface area contributed by atoms with E-state index in [9.17, 15) is 14.9 Å². The Morgan fingerprint density at radius 1 is 1.43 bits per heavy atom. The molecule has 0 bridgehead atoms. The van der Waals surface area contributed by atoms with E-state index in [4.69, 9.17) is 5.11 Å². The zero-order chi connectivity index (χ0) is 15.6. The maximum absolute atomic E-state index is 11.1. The van der Waals surface area contributed by atoms with Gasteiger partial charge in [0.15, 0.2) is 0 Å². The number of carboxylic acids is 1. The van der Waals surface area contributed by atoms with Gasteiger partial charge in [-0.3, -0.25) is 10.1 Å². The number of nitrogens with zero attached hydrogens (tertiary/aromatic N) is 2. The third-order valence-electron chi connectivity index (χ3n) is 2.66. The fourth-order valence-corrected chi connectivity index (χ4v) is 2.11. The number of benzene rings is 1. The molecule has 0 aliphatic heterocycles. The first-order chi connectivity index (χ1) is 9.88. The zero-order valence-electron chi connectivity index (χ0n) is 10.8. The summed E-state index contributed by atoms with van der Waals surface area (Å²) in [7, 11) is 0. The van der Waals surface area contributed by atoms with Crippen LogP contribution in [0.5, 0.6) is 0 Å². The molecule has 1 aromatic heterocycles. The molecule has 0 spiro atoms. The Labute approximate surface area is 127 Å². The van der Waals surface area contributed by atoms with Crippen LogP contribution in [-0.2, 0) is 0 Å². The van der Waals surface area contributed by atoms with Gasteiger partial charge in [0.2, 0.25) is 5.82 Å². The molecule has 108 valence electrons. The van der Waals surface area contributed by atoms with E-state index in [0.717, 1.165) is 0 Å². The van der Waals surface area contributed by atoms with Crippen LogP contribution < -0.4 is 5.32 Å². The number of nitro groups is 1. The van der Waals surface area contributed by atoms with Crippen molar-refractivity contribution >= 4 is 39.1 Å². The summed E-state index contributed by atoms with van der Waals surface area (Å²) in [6.07, 6.45) is 1.49. The Hall–Kier alpha value is -2.48. The molecular weight excluding hydrogens is 342 g/mol. The summed E-state index contributed by atoms with van der Waals surface area (Å²) in [6.45, 7) is 1.70. The fraction of sp³-hybridized carbons (Fsp3) is 0.0769. The van der Waals surface area contributed by atoms with Gasteiger partial charge in [-0.05, 0) is 46.6 Å². The minimum absolute atomic E-state index is 0.0507. The van der Waals surface area contributed by atoms with Crippen LogP contribution in [0.25, 0.3) is 0 Å². The molecule has 0 saturated carbocycles. The van der Waals surface area contributed by atoms with Crippen molar-refractivity contribution in [2.75, 3.05) is 5.32 Å². The second-order valence-electron chi connectivity index (χ2n) is 4.26. The lowest BCUT2D eigenvalue weighted by atomic mass is 10.2. The molecule has 0 aliphatic rings. The molecule has 0 aliphatic carbocycles. The molecule has 21 heavy (non-hydrogen) atoms. The van der Waals surface area contributed by atoms with Gasteiger partial charge in [0.1, 0.15) is 0 Å². The number of nitrogens with one attached hydrogen (secondary N) is 1. The zero-order valence-corrected chi connectivity index (χ0v) is 12.4. The second-order valence-corrected chi connectivity index (χ2v) is 5.12. The average molecular weight is 352 g/mol. The molecule has 1 aromatic carbocycles. The number of carbonyl (C=O) groups is 1. The van der Waals surface area contributed by atoms with Gasteiger partial charge in [0.25, 0.3) is 0 Å². The van der Waals surface area contributed by atoms with Crippen molar-refractivity contribution in [1.82, 2.24) is 4.98 Å². The van der Waals surface area contributed by atoms with Gasteiger partial charge in [-0.25, -0.2) is 9.78 Å². The second kappa shape index (κ2) is 5.88. The SMILES string of the molecule is Cc1cnc(Nc2ccc(Br)c(C(=O)O)c2)c([N+](=O)[O-])c1. The van der Waals surface area contributed by atoms with Crippen LogP contribution in [0.15, 0.2) is 34.9 Å². The topological polar surface area (TPSA) is 105 Å². The van der Waals surface area contributed by atoms with Gasteiger partial charge >= 0.3 is 11.7 Å². The lowest BCUT2D eigenvalue weighted by molar-refractivity contribution is -0.384. The number of hydrogen-bond acceptors (Lipinski definition) is 5. The number of aryl methyl sites for hydroxylation is 1. The van der Waals surface area contributed by atoms with Gasteiger partial charge in [-0.15, -0.1) is 0 Å². The lowest BCUT2D eigenvalue weighted by Crippen LogP contribution is -2.02. The number of carboxylic acid groups (broad SMARTS) is 1. The number of rotatable bonds is 4. The number of aromatic nitrogens is 1. The Balaban J connectivity index is 2.41. The molecule has 0 atom stereocenters. The van der Waals surface area contributed by atoms with E-state index < -0.39 is 10.9 Å². The normalized spacial score (nSPS) is 10.2. The van der Waals surface area contributed by atoms with E-state index >= 15 is 0 Å². The van der Waals surface area contributed by atoms with Crippen molar-refractivity contribution in [3.63, 3.8) is 0 Å². The molecule has 2 N–H and O–H groups in total. The van der Waals surface area contributed by atoms with Gasteiger partial charge in [0, 0.05) is 22.4 Å². The van der Waals surface area contributed by atoms with E-state index in [-0.39, 0.29) is 17.1 Å². The van der Waals surface area contributed by atoms with Crippen LogP contribution in [0.1, 0.15) is 15.9 Å². The lowest BCUT2D eigenvalue weighted by Gasteiger charge is -2.08. The molecule has 8 heteroatoms. The van der Waals surface area contributed by atoms with Gasteiger partial charge in [0.05, 0.1) is 10.5 Å². The van der Waals surface area contributed by atoms with Gasteiger partial charge in [-0.1, -0.05) is 0 Å². The number of anilines is 2. The minimum atomic E-state index is -1.10. The summed E-state index contributed by atoms with van der Waals surface area (Å²) in [4.78, 5) is 25.5. The molecule has 2 aromatic rings. The fourth-order valence-electron chi connectivity index (χ4n) is 1.69. The Bertz CT molecular complexity index is 733. The highest BCUT2D eigenvalue weighted by molar-refractivity contribution is 9.10. The van der Waals surface area contributed by atoms with Crippen LogP contribution >= 0.6 is 15.9 Å². The highest BCUT2D eigenvalue weighted by Crippen LogP contribution is 2.28. The monoisotopic (exact) mass is 351 g/mol. The van der Waals surface area contributed by atoms with Crippen molar-refractivity contribution in [1.29, 1.82) is 0 Å². The van der Waals surface area contributed by atoms with E-state index in [2.05, 4.69) is 26.2 Å².